The minimum absolute atomic E-state index is 0.0398. The van der Waals surface area contributed by atoms with Crippen molar-refractivity contribution in [3.63, 3.8) is 0 Å². The molecule has 6 heteroatoms. The number of anilines is 1. The highest BCUT2D eigenvalue weighted by Gasteiger charge is 2.34. The fourth-order valence-corrected chi connectivity index (χ4v) is 5.17. The number of rotatable bonds is 8. The third-order valence-corrected chi connectivity index (χ3v) is 7.09. The normalized spacial score (nSPS) is 14.5. The number of nitrogens with one attached hydrogen (secondary N) is 1. The molecule has 0 fully saturated rings. The van der Waals surface area contributed by atoms with E-state index in [9.17, 15) is 9.59 Å². The van der Waals surface area contributed by atoms with Gasteiger partial charge in [-0.2, -0.15) is 0 Å². The van der Waals surface area contributed by atoms with Gasteiger partial charge in [0.1, 0.15) is 18.1 Å². The van der Waals surface area contributed by atoms with Crippen LogP contribution in [0.2, 0.25) is 0 Å². The largest absolute Gasteiger partial charge is 0.496 e. The number of aryl methyl sites for hydroxylation is 1. The van der Waals surface area contributed by atoms with Crippen LogP contribution in [0.4, 0.5) is 5.69 Å². The number of amides is 2. The lowest BCUT2D eigenvalue weighted by molar-refractivity contribution is -0.114. The zero-order chi connectivity index (χ0) is 27.4. The lowest BCUT2D eigenvalue weighted by Gasteiger charge is -2.38. The van der Waals surface area contributed by atoms with Gasteiger partial charge in [0.05, 0.1) is 13.2 Å². The summed E-state index contributed by atoms with van der Waals surface area (Å²) in [6.07, 6.45) is 0.729. The van der Waals surface area contributed by atoms with Crippen molar-refractivity contribution in [2.24, 2.45) is 0 Å². The maximum atomic E-state index is 13.8. The molecule has 1 aliphatic heterocycles. The van der Waals surface area contributed by atoms with E-state index < -0.39 is 0 Å². The quantitative estimate of drug-likeness (QED) is 0.289. The van der Waals surface area contributed by atoms with Crippen molar-refractivity contribution in [2.45, 2.75) is 39.5 Å². The Hall–Kier alpha value is -4.58. The molecule has 5 rings (SSSR count). The molecule has 0 aliphatic carbocycles. The van der Waals surface area contributed by atoms with Gasteiger partial charge in [-0.3, -0.25) is 9.59 Å². The van der Waals surface area contributed by atoms with E-state index in [0.29, 0.717) is 24.6 Å². The molecule has 2 amide bonds. The third kappa shape index (κ3) is 5.80. The maximum absolute atomic E-state index is 13.8. The third-order valence-electron chi connectivity index (χ3n) is 7.09. The van der Waals surface area contributed by atoms with Crippen LogP contribution in [0.5, 0.6) is 11.5 Å². The van der Waals surface area contributed by atoms with Crippen molar-refractivity contribution in [3.8, 4) is 11.5 Å². The topological polar surface area (TPSA) is 67.9 Å². The molecular formula is C33H32N2O4. The van der Waals surface area contributed by atoms with E-state index in [4.69, 9.17) is 9.47 Å². The fourth-order valence-electron chi connectivity index (χ4n) is 5.17. The molecule has 4 aromatic carbocycles. The Morgan fingerprint density at radius 2 is 1.69 bits per heavy atom. The van der Waals surface area contributed by atoms with Gasteiger partial charge < -0.3 is 19.7 Å². The summed E-state index contributed by atoms with van der Waals surface area (Å²) in [5, 5.41) is 2.76. The molecule has 6 nitrogen and oxygen atoms in total. The first kappa shape index (κ1) is 26.0. The molecule has 1 heterocycles. The summed E-state index contributed by atoms with van der Waals surface area (Å²) < 4.78 is 11.8. The minimum Gasteiger partial charge on any atom is -0.496 e. The van der Waals surface area contributed by atoms with Crippen LogP contribution < -0.4 is 14.8 Å². The van der Waals surface area contributed by atoms with Crippen LogP contribution in [0.1, 0.15) is 51.1 Å². The standard InChI is InChI=1S/C33H32N2O4/c1-22-17-32(38-3)26(21-39-28-15-13-27(14-16-28)34-23(2)36)18-30(22)31-19-25-11-7-8-12-29(25)33(37)35(31)20-24-9-5-4-6-10-24/h4-18,31H,19-21H2,1-3H3,(H,34,36). The Bertz CT molecular complexity index is 1480. The Morgan fingerprint density at radius 3 is 2.41 bits per heavy atom. The number of benzene rings is 4. The van der Waals surface area contributed by atoms with Crippen LogP contribution in [0.3, 0.4) is 0 Å². The summed E-state index contributed by atoms with van der Waals surface area (Å²) in [7, 11) is 1.66. The highest BCUT2D eigenvalue weighted by atomic mass is 16.5. The van der Waals surface area contributed by atoms with E-state index in [-0.39, 0.29) is 17.9 Å². The van der Waals surface area contributed by atoms with Gasteiger partial charge in [0.25, 0.3) is 5.91 Å². The van der Waals surface area contributed by atoms with Gasteiger partial charge in [-0.25, -0.2) is 0 Å². The second kappa shape index (κ2) is 11.4. The first-order valence-electron chi connectivity index (χ1n) is 13.0. The summed E-state index contributed by atoms with van der Waals surface area (Å²) in [6.45, 7) is 4.36. The van der Waals surface area contributed by atoms with Gasteiger partial charge >= 0.3 is 0 Å². The van der Waals surface area contributed by atoms with Gasteiger partial charge in [0.15, 0.2) is 0 Å². The Morgan fingerprint density at radius 1 is 0.974 bits per heavy atom. The Kier molecular flexibility index (Phi) is 7.64. The zero-order valence-corrected chi connectivity index (χ0v) is 22.4. The van der Waals surface area contributed by atoms with Crippen molar-refractivity contribution in [3.05, 3.63) is 124 Å². The average Bonchev–Trinajstić information content (AvgIpc) is 2.95. The van der Waals surface area contributed by atoms with E-state index in [1.54, 1.807) is 19.2 Å². The van der Waals surface area contributed by atoms with Crippen molar-refractivity contribution >= 4 is 17.5 Å². The first-order valence-corrected chi connectivity index (χ1v) is 13.0. The summed E-state index contributed by atoms with van der Waals surface area (Å²) >= 11 is 0. The van der Waals surface area contributed by atoms with Crippen molar-refractivity contribution < 1.29 is 19.1 Å². The molecule has 0 aromatic heterocycles. The lowest BCUT2D eigenvalue weighted by atomic mass is 9.86. The Labute approximate surface area is 229 Å². The molecule has 0 bridgehead atoms. The van der Waals surface area contributed by atoms with E-state index in [2.05, 4.69) is 30.4 Å². The zero-order valence-electron chi connectivity index (χ0n) is 22.4. The summed E-state index contributed by atoms with van der Waals surface area (Å²) in [4.78, 5) is 27.1. The molecule has 1 atom stereocenters. The second-order valence-corrected chi connectivity index (χ2v) is 9.81. The van der Waals surface area contributed by atoms with Gasteiger partial charge in [0, 0.05) is 30.3 Å². The van der Waals surface area contributed by atoms with E-state index in [1.165, 1.54) is 6.92 Å². The molecule has 198 valence electrons. The van der Waals surface area contributed by atoms with E-state index >= 15 is 0 Å². The molecule has 4 aromatic rings. The predicted molar refractivity (Wildman–Crippen MR) is 152 cm³/mol. The fraction of sp³-hybridized carbons (Fsp3) is 0.212. The van der Waals surface area contributed by atoms with Crippen molar-refractivity contribution in [1.82, 2.24) is 4.90 Å². The van der Waals surface area contributed by atoms with Crippen LogP contribution in [0.15, 0.2) is 91.0 Å². The molecule has 0 spiro atoms. The average molecular weight is 521 g/mol. The van der Waals surface area contributed by atoms with Crippen molar-refractivity contribution in [2.75, 3.05) is 12.4 Å². The molecule has 0 saturated carbocycles. The van der Waals surface area contributed by atoms with Gasteiger partial charge in [-0.15, -0.1) is 0 Å². The van der Waals surface area contributed by atoms with Crippen molar-refractivity contribution in [1.29, 1.82) is 0 Å². The predicted octanol–water partition coefficient (Wildman–Crippen LogP) is 6.48. The number of carbonyl (C=O) groups excluding carboxylic acids is 2. The van der Waals surface area contributed by atoms with Crippen LogP contribution in [0, 0.1) is 6.92 Å². The molecule has 1 aliphatic rings. The van der Waals surface area contributed by atoms with E-state index in [1.807, 2.05) is 65.6 Å². The molecule has 39 heavy (non-hydrogen) atoms. The summed E-state index contributed by atoms with van der Waals surface area (Å²) in [6, 6.07) is 29.3. The second-order valence-electron chi connectivity index (χ2n) is 9.81. The number of ether oxygens (including phenoxy) is 2. The molecule has 1 unspecified atom stereocenters. The summed E-state index contributed by atoms with van der Waals surface area (Å²) in [5.41, 5.74) is 6.67. The van der Waals surface area contributed by atoms with Crippen LogP contribution in [-0.2, 0) is 24.4 Å². The number of methoxy groups -OCH3 is 1. The highest BCUT2D eigenvalue weighted by Crippen LogP contribution is 2.38. The van der Waals surface area contributed by atoms with Crippen LogP contribution in [0.25, 0.3) is 0 Å². The number of fused-ring (bicyclic) bond motifs is 1. The van der Waals surface area contributed by atoms with Gasteiger partial charge in [-0.1, -0.05) is 48.5 Å². The minimum atomic E-state index is -0.130. The molecule has 1 N–H and O–H groups in total. The van der Waals surface area contributed by atoms with E-state index in [0.717, 1.165) is 45.6 Å². The van der Waals surface area contributed by atoms with Gasteiger partial charge in [0.2, 0.25) is 5.91 Å². The number of hydrogen-bond acceptors (Lipinski definition) is 4. The maximum Gasteiger partial charge on any atom is 0.254 e. The monoisotopic (exact) mass is 520 g/mol. The van der Waals surface area contributed by atoms with Crippen LogP contribution >= 0.6 is 0 Å². The number of carbonyl (C=O) groups is 2. The van der Waals surface area contributed by atoms with Gasteiger partial charge in [-0.05, 0) is 78.1 Å². The molecule has 0 radical (unpaired) electrons. The highest BCUT2D eigenvalue weighted by molar-refractivity contribution is 5.97. The first-order chi connectivity index (χ1) is 18.9. The smallest absolute Gasteiger partial charge is 0.254 e. The SMILES string of the molecule is COc1cc(C)c(C2Cc3ccccc3C(=O)N2Cc2ccccc2)cc1COc1ccc(NC(C)=O)cc1. The molecule has 0 saturated heterocycles. The van der Waals surface area contributed by atoms with Crippen LogP contribution in [-0.4, -0.2) is 23.8 Å². The summed E-state index contributed by atoms with van der Waals surface area (Å²) in [5.74, 6) is 1.34. The lowest BCUT2D eigenvalue weighted by Crippen LogP contribution is -2.40. The number of nitrogens with zero attached hydrogens (tertiary/aromatic N) is 1. The Balaban J connectivity index is 1.46. The molecular weight excluding hydrogens is 488 g/mol. The number of hydrogen-bond donors (Lipinski definition) is 1.